The molecule has 0 heterocycles. The number of carbonyl (C=O) groups is 3. The Hall–Kier alpha value is -5.70. The van der Waals surface area contributed by atoms with Crippen LogP contribution < -0.4 is 11.6 Å². The number of unbranched alkanes of at least 4 members (excludes halogenated alkanes) is 1. The van der Waals surface area contributed by atoms with Gasteiger partial charge in [-0.2, -0.15) is 5.12 Å². The molecule has 0 saturated carbocycles. The van der Waals surface area contributed by atoms with Gasteiger partial charge in [0.25, 0.3) is 5.09 Å². The third-order valence-electron chi connectivity index (χ3n) is 7.45. The van der Waals surface area contributed by atoms with Gasteiger partial charge in [0.1, 0.15) is 19.3 Å². The van der Waals surface area contributed by atoms with Gasteiger partial charge in [-0.3, -0.25) is 4.79 Å². The lowest BCUT2D eigenvalue weighted by atomic mass is 9.97. The maximum atomic E-state index is 13.0. The van der Waals surface area contributed by atoms with Gasteiger partial charge in [0.05, 0.1) is 0 Å². The van der Waals surface area contributed by atoms with Gasteiger partial charge in [0, 0.05) is 18.5 Å². The maximum absolute atomic E-state index is 13.0. The smallest absolute Gasteiger partial charge is 0.480 e. The van der Waals surface area contributed by atoms with Gasteiger partial charge in [-0.25, -0.2) is 15.4 Å². The lowest BCUT2D eigenvalue weighted by Gasteiger charge is -2.32. The molecule has 3 aromatic rings. The van der Waals surface area contributed by atoms with E-state index in [1.807, 2.05) is 43.3 Å². The van der Waals surface area contributed by atoms with Crippen LogP contribution in [0.25, 0.3) is 11.1 Å². The molecule has 1 amide bonds. The molecular formula is C34H42N6O9. The molecule has 262 valence electrons. The van der Waals surface area contributed by atoms with Crippen molar-refractivity contribution in [3.8, 4) is 11.1 Å². The normalized spacial score (nSPS) is 11.8. The number of ether oxygens (including phenoxy) is 2. The highest BCUT2D eigenvalue weighted by Gasteiger charge is 2.32. The molecule has 49 heavy (non-hydrogen) atoms. The number of nitrogens with two attached hydrogens (primary N) is 2. The molecule has 15 nitrogen and oxygen atoms in total. The van der Waals surface area contributed by atoms with E-state index >= 15 is 0 Å². The van der Waals surface area contributed by atoms with E-state index in [1.54, 1.807) is 50.2 Å². The third kappa shape index (κ3) is 11.5. The molecule has 0 aromatic heterocycles. The van der Waals surface area contributed by atoms with Crippen LogP contribution in [0.3, 0.4) is 0 Å². The van der Waals surface area contributed by atoms with Crippen LogP contribution in [0.5, 0.6) is 0 Å². The number of hydrazine groups is 1. The van der Waals surface area contributed by atoms with Gasteiger partial charge in [-0.15, -0.1) is 15.2 Å². The Morgan fingerprint density at radius 1 is 0.959 bits per heavy atom. The van der Waals surface area contributed by atoms with Gasteiger partial charge in [0.2, 0.25) is 5.91 Å². The number of rotatable bonds is 18. The summed E-state index contributed by atoms with van der Waals surface area (Å²) in [5, 5.41) is 24.4. The summed E-state index contributed by atoms with van der Waals surface area (Å²) in [6.07, 6.45) is 0.724. The van der Waals surface area contributed by atoms with E-state index in [4.69, 9.17) is 21.1 Å². The van der Waals surface area contributed by atoms with Crippen molar-refractivity contribution < 1.29 is 38.9 Å². The number of carboxylic acid groups (broad SMARTS) is 1. The van der Waals surface area contributed by atoms with Crippen LogP contribution in [0.15, 0.2) is 77.9 Å². The highest BCUT2D eigenvalue weighted by molar-refractivity contribution is 6.03. The van der Waals surface area contributed by atoms with Crippen molar-refractivity contribution >= 4 is 23.9 Å². The molecule has 0 fully saturated rings. The minimum Gasteiger partial charge on any atom is -0.480 e. The first-order chi connectivity index (χ1) is 23.4. The summed E-state index contributed by atoms with van der Waals surface area (Å²) >= 11 is 0. The summed E-state index contributed by atoms with van der Waals surface area (Å²) in [6, 6.07) is 20.2. The molecular weight excluding hydrogens is 636 g/mol. The molecule has 0 aliphatic rings. The molecule has 5 N–H and O–H groups in total. The monoisotopic (exact) mass is 678 g/mol. The van der Waals surface area contributed by atoms with Gasteiger partial charge in [-0.05, 0) is 40.2 Å². The fourth-order valence-electron chi connectivity index (χ4n) is 5.02. The number of amides is 1. The van der Waals surface area contributed by atoms with Crippen molar-refractivity contribution in [2.75, 3.05) is 6.73 Å². The zero-order valence-corrected chi connectivity index (χ0v) is 27.7. The first-order valence-corrected chi connectivity index (χ1v) is 15.6. The first-order valence-electron chi connectivity index (χ1n) is 15.6. The molecule has 0 saturated heterocycles. The van der Waals surface area contributed by atoms with E-state index in [0.717, 1.165) is 28.2 Å². The molecule has 0 spiro atoms. The van der Waals surface area contributed by atoms with Crippen LogP contribution in [0.2, 0.25) is 0 Å². The number of hydrogen-bond donors (Lipinski definition) is 3. The van der Waals surface area contributed by atoms with E-state index in [9.17, 15) is 29.6 Å². The SMILES string of the molecule is CCCCC(=O)N(Cc1ccc(-c2ccccc2/C(N)=N/N(N)COC(=O)OCc2ccccc2CO[N+](=O)[O-])cc1)C(C(=O)O)C(C)C. The fraction of sp³-hybridized carbons (Fsp3) is 0.353. The molecule has 3 rings (SSSR count). The van der Waals surface area contributed by atoms with Gasteiger partial charge in [0.15, 0.2) is 12.6 Å². The quantitative estimate of drug-likeness (QED) is 0.0315. The van der Waals surface area contributed by atoms with Crippen LogP contribution >= 0.6 is 0 Å². The van der Waals surface area contributed by atoms with Crippen molar-refractivity contribution in [1.82, 2.24) is 10.0 Å². The average molecular weight is 679 g/mol. The molecule has 15 heteroatoms. The average Bonchev–Trinajstić information content (AvgIpc) is 3.07. The number of hydrogen-bond acceptors (Lipinski definition) is 11. The van der Waals surface area contributed by atoms with Crippen molar-refractivity contribution in [2.45, 2.75) is 65.8 Å². The number of nitrogens with zero attached hydrogens (tertiary/aromatic N) is 4. The topological polar surface area (TPSA) is 213 Å². The van der Waals surface area contributed by atoms with Crippen LogP contribution in [0.4, 0.5) is 4.79 Å². The Morgan fingerprint density at radius 3 is 2.20 bits per heavy atom. The van der Waals surface area contributed by atoms with E-state index in [0.29, 0.717) is 23.1 Å². The Labute approximate surface area is 284 Å². The zero-order chi connectivity index (χ0) is 35.9. The lowest BCUT2D eigenvalue weighted by Crippen LogP contribution is -2.47. The van der Waals surface area contributed by atoms with Crippen molar-refractivity contribution in [3.05, 3.63) is 105 Å². The van der Waals surface area contributed by atoms with Crippen LogP contribution in [-0.2, 0) is 43.7 Å². The van der Waals surface area contributed by atoms with Crippen molar-refractivity contribution in [2.24, 2.45) is 22.6 Å². The molecule has 1 atom stereocenters. The third-order valence-corrected chi connectivity index (χ3v) is 7.45. The maximum Gasteiger partial charge on any atom is 0.510 e. The second kappa shape index (κ2) is 18.6. The Kier molecular flexibility index (Phi) is 14.3. The summed E-state index contributed by atoms with van der Waals surface area (Å²) in [4.78, 5) is 53.7. The second-order valence-corrected chi connectivity index (χ2v) is 11.4. The Balaban J connectivity index is 1.67. The number of hydrazone groups is 1. The summed E-state index contributed by atoms with van der Waals surface area (Å²) in [5.41, 5.74) is 10.1. The van der Waals surface area contributed by atoms with E-state index in [1.165, 1.54) is 4.90 Å². The Morgan fingerprint density at radius 2 is 1.59 bits per heavy atom. The molecule has 0 aliphatic heterocycles. The van der Waals surface area contributed by atoms with Crippen LogP contribution in [0.1, 0.15) is 62.3 Å². The summed E-state index contributed by atoms with van der Waals surface area (Å²) in [6.45, 7) is 4.68. The van der Waals surface area contributed by atoms with Gasteiger partial charge >= 0.3 is 12.1 Å². The summed E-state index contributed by atoms with van der Waals surface area (Å²) in [7, 11) is 0. The standard InChI is InChI=1S/C34H42N6O9/c1-4-5-14-30(41)38(31(23(2)3)33(42)43)19-24-15-17-25(18-16-24)28-12-8-9-13-29(28)32(35)37-39(36)22-48-34(44)47-20-26-10-6-7-11-27(26)21-49-40(45)46/h6-13,15-18,23,31H,4-5,14,19-22,36H2,1-3H3,(H2,35,37)(H,42,43). The van der Waals surface area contributed by atoms with Gasteiger partial charge < -0.3 is 30.1 Å². The van der Waals surface area contributed by atoms with Crippen LogP contribution in [0, 0.1) is 16.0 Å². The largest absolute Gasteiger partial charge is 0.510 e. The molecule has 0 radical (unpaired) electrons. The zero-order valence-electron chi connectivity index (χ0n) is 27.7. The molecule has 0 aliphatic carbocycles. The minimum absolute atomic E-state index is 0.0350. The van der Waals surface area contributed by atoms with Crippen LogP contribution in [-0.4, -0.2) is 56.9 Å². The molecule has 0 bridgehead atoms. The lowest BCUT2D eigenvalue weighted by molar-refractivity contribution is -0.763. The highest BCUT2D eigenvalue weighted by Crippen LogP contribution is 2.26. The van der Waals surface area contributed by atoms with Crippen molar-refractivity contribution in [1.29, 1.82) is 0 Å². The number of amidine groups is 1. The summed E-state index contributed by atoms with van der Waals surface area (Å²) < 4.78 is 10.1. The Bertz CT molecular complexity index is 1610. The number of benzene rings is 3. The molecule has 1 unspecified atom stereocenters. The molecule has 3 aromatic carbocycles. The van der Waals surface area contributed by atoms with E-state index in [2.05, 4.69) is 9.94 Å². The van der Waals surface area contributed by atoms with Crippen molar-refractivity contribution in [3.63, 3.8) is 0 Å². The second-order valence-electron chi connectivity index (χ2n) is 11.4. The number of aliphatic carboxylic acids is 1. The number of carboxylic acids is 1. The predicted octanol–water partition coefficient (Wildman–Crippen LogP) is 4.80. The van der Waals surface area contributed by atoms with Gasteiger partial charge in [-0.1, -0.05) is 100.0 Å². The highest BCUT2D eigenvalue weighted by atomic mass is 16.9. The predicted molar refractivity (Wildman–Crippen MR) is 179 cm³/mol. The van der Waals surface area contributed by atoms with E-state index in [-0.39, 0.29) is 43.8 Å². The minimum atomic E-state index is -1.05. The van der Waals surface area contributed by atoms with E-state index < -0.39 is 30.0 Å². The number of carbonyl (C=O) groups excluding carboxylic acids is 2. The first kappa shape index (κ1) is 37.8. The summed E-state index contributed by atoms with van der Waals surface area (Å²) in [5.74, 6) is 4.43. The fourth-order valence-corrected chi connectivity index (χ4v) is 5.02.